The lowest BCUT2D eigenvalue weighted by Gasteiger charge is -2.23. The van der Waals surface area contributed by atoms with Gasteiger partial charge >= 0.3 is 6.09 Å². The predicted molar refractivity (Wildman–Crippen MR) is 53.8 cm³/mol. The molecule has 6 heteroatoms. The Kier molecular flexibility index (Phi) is 2.77. The van der Waals surface area contributed by atoms with Crippen LogP contribution < -0.4 is 10.2 Å². The molecule has 1 aliphatic rings. The molecule has 1 atom stereocenters. The summed E-state index contributed by atoms with van der Waals surface area (Å²) in [6, 6.07) is 1.57. The number of aromatic nitrogens is 2. The molecule has 0 bridgehead atoms. The van der Waals surface area contributed by atoms with E-state index < -0.39 is 6.09 Å². The van der Waals surface area contributed by atoms with Gasteiger partial charge in [0.1, 0.15) is 12.1 Å². The second-order valence-electron chi connectivity index (χ2n) is 3.37. The maximum atomic E-state index is 11.1. The molecule has 1 amide bonds. The van der Waals surface area contributed by atoms with E-state index in [-0.39, 0.29) is 6.04 Å². The first-order valence-corrected chi connectivity index (χ1v) is 4.78. The molecule has 2 rings (SSSR count). The van der Waals surface area contributed by atoms with Crippen LogP contribution in [0.5, 0.6) is 0 Å². The summed E-state index contributed by atoms with van der Waals surface area (Å²) in [7, 11) is 0. The maximum Gasteiger partial charge on any atom is 0.413 e. The first-order valence-electron chi connectivity index (χ1n) is 4.78. The van der Waals surface area contributed by atoms with Gasteiger partial charge in [0.2, 0.25) is 0 Å². The molecular formula is C9H12N4O2. The van der Waals surface area contributed by atoms with Gasteiger partial charge in [-0.05, 0) is 19.0 Å². The van der Waals surface area contributed by atoms with Crippen LogP contribution in [0.25, 0.3) is 0 Å². The predicted octanol–water partition coefficient (Wildman–Crippen LogP) is 0.323. The first-order chi connectivity index (χ1) is 7.29. The van der Waals surface area contributed by atoms with Crippen molar-refractivity contribution in [3.63, 3.8) is 0 Å². The van der Waals surface area contributed by atoms with Gasteiger partial charge in [-0.2, -0.15) is 0 Å². The minimum Gasteiger partial charge on any atom is -0.465 e. The van der Waals surface area contributed by atoms with Crippen LogP contribution in [0.15, 0.2) is 18.6 Å². The van der Waals surface area contributed by atoms with Crippen LogP contribution in [0.4, 0.5) is 10.6 Å². The van der Waals surface area contributed by atoms with Gasteiger partial charge in [-0.25, -0.2) is 14.8 Å². The van der Waals surface area contributed by atoms with E-state index in [0.29, 0.717) is 12.4 Å². The van der Waals surface area contributed by atoms with Crippen LogP contribution >= 0.6 is 0 Å². The van der Waals surface area contributed by atoms with E-state index in [1.54, 1.807) is 12.3 Å². The molecule has 2 N–H and O–H groups in total. The molecule has 2 heterocycles. The molecule has 80 valence electrons. The van der Waals surface area contributed by atoms with Crippen LogP contribution in [0.1, 0.15) is 6.42 Å². The quantitative estimate of drug-likeness (QED) is 0.732. The first kappa shape index (κ1) is 9.85. The highest BCUT2D eigenvalue weighted by atomic mass is 16.4. The van der Waals surface area contributed by atoms with Crippen molar-refractivity contribution in [3.8, 4) is 0 Å². The van der Waals surface area contributed by atoms with Gasteiger partial charge in [-0.3, -0.25) is 4.90 Å². The summed E-state index contributed by atoms with van der Waals surface area (Å²) < 4.78 is 0. The van der Waals surface area contributed by atoms with Crippen molar-refractivity contribution < 1.29 is 9.90 Å². The molecule has 1 unspecified atom stereocenters. The lowest BCUT2D eigenvalue weighted by atomic mass is 10.2. The Morgan fingerprint density at radius 3 is 3.07 bits per heavy atom. The summed E-state index contributed by atoms with van der Waals surface area (Å²) in [5.74, 6) is 0.436. The van der Waals surface area contributed by atoms with Gasteiger partial charge in [0, 0.05) is 12.7 Å². The number of anilines is 1. The molecule has 1 saturated heterocycles. The fraction of sp³-hybridized carbons (Fsp3) is 0.444. The fourth-order valence-electron chi connectivity index (χ4n) is 1.73. The van der Waals surface area contributed by atoms with Gasteiger partial charge in [0.25, 0.3) is 0 Å². The second kappa shape index (κ2) is 4.22. The maximum absolute atomic E-state index is 11.1. The monoisotopic (exact) mass is 208 g/mol. The van der Waals surface area contributed by atoms with Crippen LogP contribution in [-0.4, -0.2) is 40.3 Å². The number of nitrogens with zero attached hydrogens (tertiary/aromatic N) is 3. The van der Waals surface area contributed by atoms with Crippen LogP contribution in [0.3, 0.4) is 0 Å². The lowest BCUT2D eigenvalue weighted by molar-refractivity contribution is 0.199. The third-order valence-electron chi connectivity index (χ3n) is 2.42. The average Bonchev–Trinajstić information content (AvgIpc) is 2.72. The number of carboxylic acid groups (broad SMARTS) is 1. The van der Waals surface area contributed by atoms with E-state index in [1.165, 1.54) is 11.2 Å². The molecule has 0 aromatic carbocycles. The van der Waals surface area contributed by atoms with Crippen LogP contribution in [-0.2, 0) is 0 Å². The Labute approximate surface area is 87.0 Å². The number of nitrogens with one attached hydrogen (secondary N) is 1. The Balaban J connectivity index is 2.23. The summed E-state index contributed by atoms with van der Waals surface area (Å²) >= 11 is 0. The standard InChI is InChI=1S/C9H12N4O2/c14-9(15)13(7-1-3-10-5-7)8-2-4-11-6-12-8/h2,4,6-7,10H,1,3,5H2,(H,14,15). The third kappa shape index (κ3) is 2.04. The molecular weight excluding hydrogens is 196 g/mol. The molecule has 15 heavy (non-hydrogen) atoms. The number of hydrogen-bond acceptors (Lipinski definition) is 4. The zero-order valence-electron chi connectivity index (χ0n) is 8.13. The molecule has 0 aliphatic carbocycles. The fourth-order valence-corrected chi connectivity index (χ4v) is 1.73. The van der Waals surface area contributed by atoms with Crippen molar-refractivity contribution >= 4 is 11.9 Å². The zero-order chi connectivity index (χ0) is 10.7. The highest BCUT2D eigenvalue weighted by Crippen LogP contribution is 2.16. The Bertz CT molecular complexity index is 337. The topological polar surface area (TPSA) is 78.3 Å². The molecule has 1 fully saturated rings. The summed E-state index contributed by atoms with van der Waals surface area (Å²) in [6.45, 7) is 1.52. The van der Waals surface area contributed by atoms with Crippen LogP contribution in [0, 0.1) is 0 Å². The summed E-state index contributed by atoms with van der Waals surface area (Å²) in [5.41, 5.74) is 0. The van der Waals surface area contributed by atoms with E-state index in [4.69, 9.17) is 5.11 Å². The largest absolute Gasteiger partial charge is 0.465 e. The Morgan fingerprint density at radius 1 is 1.67 bits per heavy atom. The van der Waals surface area contributed by atoms with Crippen LogP contribution in [0.2, 0.25) is 0 Å². The molecule has 0 spiro atoms. The highest BCUT2D eigenvalue weighted by molar-refractivity contribution is 5.85. The second-order valence-corrected chi connectivity index (χ2v) is 3.37. The molecule has 6 nitrogen and oxygen atoms in total. The molecule has 0 radical (unpaired) electrons. The van der Waals surface area contributed by atoms with Crippen molar-refractivity contribution in [2.45, 2.75) is 12.5 Å². The number of carbonyl (C=O) groups is 1. The van der Waals surface area contributed by atoms with Crippen molar-refractivity contribution in [1.29, 1.82) is 0 Å². The van der Waals surface area contributed by atoms with Crippen molar-refractivity contribution in [2.75, 3.05) is 18.0 Å². The Hall–Kier alpha value is -1.69. The van der Waals surface area contributed by atoms with E-state index in [9.17, 15) is 4.79 Å². The normalized spacial score (nSPS) is 20.1. The van der Waals surface area contributed by atoms with Gasteiger partial charge in [-0.15, -0.1) is 0 Å². The Morgan fingerprint density at radius 2 is 2.53 bits per heavy atom. The van der Waals surface area contributed by atoms with E-state index in [1.807, 2.05) is 0 Å². The highest BCUT2D eigenvalue weighted by Gasteiger charge is 2.28. The van der Waals surface area contributed by atoms with Crippen molar-refractivity contribution in [3.05, 3.63) is 18.6 Å². The number of amides is 1. The summed E-state index contributed by atoms with van der Waals surface area (Å²) in [6.07, 6.45) is 2.74. The zero-order valence-corrected chi connectivity index (χ0v) is 8.13. The van der Waals surface area contributed by atoms with E-state index in [2.05, 4.69) is 15.3 Å². The van der Waals surface area contributed by atoms with Gasteiger partial charge < -0.3 is 10.4 Å². The molecule has 0 saturated carbocycles. The minimum absolute atomic E-state index is 0.0302. The van der Waals surface area contributed by atoms with E-state index >= 15 is 0 Å². The van der Waals surface area contributed by atoms with Crippen molar-refractivity contribution in [1.82, 2.24) is 15.3 Å². The molecule has 1 aromatic heterocycles. The SMILES string of the molecule is O=C(O)N(c1ccncn1)C1CCNC1. The number of hydrogen-bond donors (Lipinski definition) is 2. The summed E-state index contributed by atoms with van der Waals surface area (Å²) in [5, 5.41) is 12.3. The van der Waals surface area contributed by atoms with E-state index in [0.717, 1.165) is 13.0 Å². The average molecular weight is 208 g/mol. The van der Waals surface area contributed by atoms with Gasteiger partial charge in [0.05, 0.1) is 6.04 Å². The minimum atomic E-state index is -0.970. The number of rotatable bonds is 2. The summed E-state index contributed by atoms with van der Waals surface area (Å²) in [4.78, 5) is 20.1. The molecule has 1 aromatic rings. The van der Waals surface area contributed by atoms with Gasteiger partial charge in [-0.1, -0.05) is 0 Å². The van der Waals surface area contributed by atoms with Gasteiger partial charge in [0.15, 0.2) is 0 Å². The third-order valence-corrected chi connectivity index (χ3v) is 2.42. The van der Waals surface area contributed by atoms with Crippen molar-refractivity contribution in [2.24, 2.45) is 0 Å². The smallest absolute Gasteiger partial charge is 0.413 e. The molecule has 1 aliphatic heterocycles. The lowest BCUT2D eigenvalue weighted by Crippen LogP contribution is -2.41.